The number of nitrogens with one attached hydrogen (secondary N) is 1. The highest BCUT2D eigenvalue weighted by Gasteiger charge is 2.14. The summed E-state index contributed by atoms with van der Waals surface area (Å²) in [5, 5.41) is 3.66. The Morgan fingerprint density at radius 2 is 2.29 bits per heavy atom. The number of hydrogen-bond acceptors (Lipinski definition) is 2. The molecule has 1 aliphatic rings. The van der Waals surface area contributed by atoms with Gasteiger partial charge in [-0.15, -0.1) is 0 Å². The minimum absolute atomic E-state index is 0.724. The maximum atomic E-state index is 5.47. The molecule has 2 unspecified atom stereocenters. The van der Waals surface area contributed by atoms with Gasteiger partial charge in [0.1, 0.15) is 0 Å². The van der Waals surface area contributed by atoms with Crippen LogP contribution in [0.4, 0.5) is 0 Å². The van der Waals surface area contributed by atoms with E-state index in [2.05, 4.69) is 19.2 Å². The number of hydrogen-bond donors (Lipinski definition) is 1. The lowest BCUT2D eigenvalue weighted by Crippen LogP contribution is -2.35. The van der Waals surface area contributed by atoms with Gasteiger partial charge in [-0.2, -0.15) is 0 Å². The summed E-state index contributed by atoms with van der Waals surface area (Å²) in [5.41, 5.74) is 0. The lowest BCUT2D eigenvalue weighted by atomic mass is 10.0. The van der Waals surface area contributed by atoms with Crippen molar-refractivity contribution in [3.8, 4) is 0 Å². The molecule has 1 aliphatic heterocycles. The van der Waals surface area contributed by atoms with Crippen LogP contribution >= 0.6 is 0 Å². The van der Waals surface area contributed by atoms with E-state index < -0.39 is 0 Å². The van der Waals surface area contributed by atoms with Crippen LogP contribution in [0.15, 0.2) is 0 Å². The van der Waals surface area contributed by atoms with Gasteiger partial charge < -0.3 is 10.1 Å². The molecule has 1 N–H and O–H groups in total. The van der Waals surface area contributed by atoms with E-state index in [0.717, 1.165) is 31.7 Å². The van der Waals surface area contributed by atoms with Crippen LogP contribution in [0.25, 0.3) is 0 Å². The lowest BCUT2D eigenvalue weighted by molar-refractivity contribution is 0.0536. The number of ether oxygens (including phenoxy) is 1. The first-order valence-corrected chi connectivity index (χ1v) is 6.18. The summed E-state index contributed by atoms with van der Waals surface area (Å²) in [6, 6.07) is 0.724. The Hall–Kier alpha value is -0.0800. The van der Waals surface area contributed by atoms with E-state index in [1.54, 1.807) is 0 Å². The molecule has 2 atom stereocenters. The third-order valence-electron chi connectivity index (χ3n) is 3.08. The third kappa shape index (κ3) is 4.43. The molecule has 84 valence electrons. The molecule has 1 saturated heterocycles. The van der Waals surface area contributed by atoms with Crippen LogP contribution in [0.2, 0.25) is 0 Å². The fourth-order valence-electron chi connectivity index (χ4n) is 2.10. The maximum absolute atomic E-state index is 5.47. The van der Waals surface area contributed by atoms with Crippen LogP contribution in [0.3, 0.4) is 0 Å². The minimum Gasteiger partial charge on any atom is -0.381 e. The lowest BCUT2D eigenvalue weighted by Gasteiger charge is -2.25. The molecule has 0 aromatic carbocycles. The molecule has 1 fully saturated rings. The number of rotatable bonds is 6. The topological polar surface area (TPSA) is 21.3 Å². The van der Waals surface area contributed by atoms with Crippen LogP contribution in [0, 0.1) is 5.92 Å². The second-order valence-corrected chi connectivity index (χ2v) is 4.39. The van der Waals surface area contributed by atoms with E-state index in [9.17, 15) is 0 Å². The standard InChI is InChI=1S/C12H25NO/c1-3-6-12(4-2)13-9-11-7-5-8-14-10-11/h11-13H,3-10H2,1-2H3. The molecule has 0 aromatic heterocycles. The van der Waals surface area contributed by atoms with Gasteiger partial charge in [0.2, 0.25) is 0 Å². The highest BCUT2D eigenvalue weighted by atomic mass is 16.5. The first-order valence-electron chi connectivity index (χ1n) is 6.18. The first-order chi connectivity index (χ1) is 6.86. The molecule has 0 aromatic rings. The Kier molecular flexibility index (Phi) is 6.20. The summed E-state index contributed by atoms with van der Waals surface area (Å²) in [6.07, 6.45) is 6.44. The average molecular weight is 199 g/mol. The van der Waals surface area contributed by atoms with Gasteiger partial charge in [0.15, 0.2) is 0 Å². The average Bonchev–Trinajstić information content (AvgIpc) is 2.25. The minimum atomic E-state index is 0.724. The Morgan fingerprint density at radius 1 is 1.43 bits per heavy atom. The summed E-state index contributed by atoms with van der Waals surface area (Å²) in [4.78, 5) is 0. The van der Waals surface area contributed by atoms with Crippen molar-refractivity contribution in [3.05, 3.63) is 0 Å². The van der Waals surface area contributed by atoms with Gasteiger partial charge in [-0.05, 0) is 31.6 Å². The van der Waals surface area contributed by atoms with Gasteiger partial charge in [0.05, 0.1) is 6.61 Å². The van der Waals surface area contributed by atoms with Gasteiger partial charge in [0.25, 0.3) is 0 Å². The predicted molar refractivity (Wildman–Crippen MR) is 60.5 cm³/mol. The molecule has 0 radical (unpaired) electrons. The third-order valence-corrected chi connectivity index (χ3v) is 3.08. The Labute approximate surface area is 88.4 Å². The molecule has 0 saturated carbocycles. The van der Waals surface area contributed by atoms with Crippen molar-refractivity contribution >= 4 is 0 Å². The van der Waals surface area contributed by atoms with Crippen molar-refractivity contribution in [2.24, 2.45) is 5.92 Å². The van der Waals surface area contributed by atoms with Gasteiger partial charge in [-0.1, -0.05) is 20.3 Å². The Bertz CT molecular complexity index is 128. The fraction of sp³-hybridized carbons (Fsp3) is 1.00. The van der Waals surface area contributed by atoms with Gasteiger partial charge in [0, 0.05) is 19.2 Å². The van der Waals surface area contributed by atoms with Gasteiger partial charge in [-0.3, -0.25) is 0 Å². The zero-order chi connectivity index (χ0) is 10.2. The van der Waals surface area contributed by atoms with Gasteiger partial charge >= 0.3 is 0 Å². The normalized spacial score (nSPS) is 24.9. The summed E-state index contributed by atoms with van der Waals surface area (Å²) < 4.78 is 5.47. The van der Waals surface area contributed by atoms with E-state index in [4.69, 9.17) is 4.74 Å². The Balaban J connectivity index is 2.10. The molecule has 1 rings (SSSR count). The summed E-state index contributed by atoms with van der Waals surface area (Å²) in [5.74, 6) is 0.759. The smallest absolute Gasteiger partial charge is 0.0506 e. The molecule has 0 bridgehead atoms. The summed E-state index contributed by atoms with van der Waals surface area (Å²) in [6.45, 7) is 7.62. The molecule has 0 aliphatic carbocycles. The summed E-state index contributed by atoms with van der Waals surface area (Å²) in [7, 11) is 0. The zero-order valence-corrected chi connectivity index (χ0v) is 9.72. The van der Waals surface area contributed by atoms with E-state index in [-0.39, 0.29) is 0 Å². The van der Waals surface area contributed by atoms with Crippen LogP contribution in [0.5, 0.6) is 0 Å². The van der Waals surface area contributed by atoms with Crippen LogP contribution in [0.1, 0.15) is 46.0 Å². The largest absolute Gasteiger partial charge is 0.381 e. The van der Waals surface area contributed by atoms with Crippen molar-refractivity contribution < 1.29 is 4.74 Å². The fourth-order valence-corrected chi connectivity index (χ4v) is 2.10. The highest BCUT2D eigenvalue weighted by Crippen LogP contribution is 2.13. The van der Waals surface area contributed by atoms with E-state index in [1.165, 1.54) is 32.1 Å². The van der Waals surface area contributed by atoms with Crippen LogP contribution in [-0.4, -0.2) is 25.8 Å². The van der Waals surface area contributed by atoms with Gasteiger partial charge in [-0.25, -0.2) is 0 Å². The molecule has 1 heterocycles. The Morgan fingerprint density at radius 3 is 2.86 bits per heavy atom. The zero-order valence-electron chi connectivity index (χ0n) is 9.72. The van der Waals surface area contributed by atoms with Crippen LogP contribution < -0.4 is 5.32 Å². The second-order valence-electron chi connectivity index (χ2n) is 4.39. The van der Waals surface area contributed by atoms with E-state index in [0.29, 0.717) is 0 Å². The quantitative estimate of drug-likeness (QED) is 0.710. The monoisotopic (exact) mass is 199 g/mol. The molecule has 14 heavy (non-hydrogen) atoms. The SMILES string of the molecule is CCCC(CC)NCC1CCCOC1. The second kappa shape index (κ2) is 7.24. The maximum Gasteiger partial charge on any atom is 0.0506 e. The van der Waals surface area contributed by atoms with E-state index >= 15 is 0 Å². The molecule has 0 spiro atoms. The molecular weight excluding hydrogens is 174 g/mol. The summed E-state index contributed by atoms with van der Waals surface area (Å²) >= 11 is 0. The van der Waals surface area contributed by atoms with Crippen molar-refractivity contribution in [1.82, 2.24) is 5.32 Å². The molecular formula is C12H25NO. The van der Waals surface area contributed by atoms with E-state index in [1.807, 2.05) is 0 Å². The molecule has 2 nitrogen and oxygen atoms in total. The molecule has 2 heteroatoms. The predicted octanol–water partition coefficient (Wildman–Crippen LogP) is 2.58. The van der Waals surface area contributed by atoms with Crippen molar-refractivity contribution in [1.29, 1.82) is 0 Å². The van der Waals surface area contributed by atoms with Crippen molar-refractivity contribution in [3.63, 3.8) is 0 Å². The van der Waals surface area contributed by atoms with Crippen molar-refractivity contribution in [2.75, 3.05) is 19.8 Å². The van der Waals surface area contributed by atoms with Crippen LogP contribution in [-0.2, 0) is 4.74 Å². The highest BCUT2D eigenvalue weighted by molar-refractivity contribution is 4.70. The van der Waals surface area contributed by atoms with Crippen molar-refractivity contribution in [2.45, 2.75) is 52.0 Å². The first kappa shape index (κ1) is 12.0. The molecule has 0 amide bonds.